The van der Waals surface area contributed by atoms with Crippen LogP contribution < -0.4 is 0 Å². The highest BCUT2D eigenvalue weighted by Crippen LogP contribution is 2.41. The van der Waals surface area contributed by atoms with Gasteiger partial charge in [0, 0.05) is 35.8 Å². The molecular weight excluding hydrogens is 304 g/mol. The molecule has 3 heterocycles. The number of likely N-dealkylation sites (tertiary alicyclic amines) is 1. The highest BCUT2D eigenvalue weighted by atomic mass is 32.2. The Morgan fingerprint density at radius 2 is 2.10 bits per heavy atom. The molecule has 0 bridgehead atoms. The molecule has 1 unspecified atom stereocenters. The Morgan fingerprint density at radius 3 is 2.76 bits per heavy atom. The van der Waals surface area contributed by atoms with E-state index in [1.807, 2.05) is 9.80 Å². The maximum Gasteiger partial charge on any atom is 0.233 e. The van der Waals surface area contributed by atoms with Gasteiger partial charge in [-0.15, -0.1) is 23.1 Å². The SMILES string of the molecule is Cc1ccc(C2SCC(=O)N2CCCN2CCCC2=O)s1. The van der Waals surface area contributed by atoms with Crippen molar-refractivity contribution in [2.75, 3.05) is 25.4 Å². The third-order valence-electron chi connectivity index (χ3n) is 3.97. The lowest BCUT2D eigenvalue weighted by atomic mass is 10.3. The molecule has 3 rings (SSSR count). The second kappa shape index (κ2) is 6.40. The molecule has 0 aromatic carbocycles. The molecule has 1 atom stereocenters. The van der Waals surface area contributed by atoms with E-state index in [0.717, 1.165) is 32.5 Å². The number of carbonyl (C=O) groups is 2. The van der Waals surface area contributed by atoms with Gasteiger partial charge in [0.15, 0.2) is 0 Å². The number of hydrogen-bond acceptors (Lipinski definition) is 4. The fourth-order valence-corrected chi connectivity index (χ4v) is 5.22. The Labute approximate surface area is 133 Å². The molecule has 114 valence electrons. The zero-order valence-corrected chi connectivity index (χ0v) is 13.8. The minimum atomic E-state index is 0.172. The summed E-state index contributed by atoms with van der Waals surface area (Å²) < 4.78 is 0. The van der Waals surface area contributed by atoms with E-state index < -0.39 is 0 Å². The van der Waals surface area contributed by atoms with Gasteiger partial charge in [0.2, 0.25) is 11.8 Å². The van der Waals surface area contributed by atoms with Gasteiger partial charge in [0.1, 0.15) is 5.37 Å². The van der Waals surface area contributed by atoms with Crippen LogP contribution in [-0.2, 0) is 9.59 Å². The molecule has 2 aliphatic heterocycles. The van der Waals surface area contributed by atoms with Gasteiger partial charge < -0.3 is 9.80 Å². The van der Waals surface area contributed by atoms with Crippen molar-refractivity contribution in [3.8, 4) is 0 Å². The summed E-state index contributed by atoms with van der Waals surface area (Å²) in [6, 6.07) is 4.25. The molecule has 1 aromatic rings. The number of carbonyl (C=O) groups excluding carboxylic acids is 2. The van der Waals surface area contributed by atoms with Crippen molar-refractivity contribution in [2.24, 2.45) is 0 Å². The van der Waals surface area contributed by atoms with E-state index in [0.29, 0.717) is 12.2 Å². The van der Waals surface area contributed by atoms with E-state index in [1.54, 1.807) is 23.1 Å². The normalized spacial score (nSPS) is 22.6. The summed E-state index contributed by atoms with van der Waals surface area (Å²) in [5.41, 5.74) is 0. The first-order valence-corrected chi connectivity index (χ1v) is 9.27. The van der Waals surface area contributed by atoms with Crippen LogP contribution in [0.1, 0.15) is 34.4 Å². The molecule has 2 saturated heterocycles. The first kappa shape index (κ1) is 14.9. The van der Waals surface area contributed by atoms with Crippen LogP contribution in [-0.4, -0.2) is 47.0 Å². The monoisotopic (exact) mass is 324 g/mol. The third kappa shape index (κ3) is 3.26. The molecule has 6 heteroatoms. The van der Waals surface area contributed by atoms with Gasteiger partial charge >= 0.3 is 0 Å². The summed E-state index contributed by atoms with van der Waals surface area (Å²) in [7, 11) is 0. The molecule has 2 amide bonds. The molecule has 21 heavy (non-hydrogen) atoms. The van der Waals surface area contributed by atoms with Crippen molar-refractivity contribution in [2.45, 2.75) is 31.6 Å². The molecule has 0 radical (unpaired) electrons. The number of nitrogens with zero attached hydrogens (tertiary/aromatic N) is 2. The summed E-state index contributed by atoms with van der Waals surface area (Å²) >= 11 is 3.49. The van der Waals surface area contributed by atoms with Crippen molar-refractivity contribution in [1.82, 2.24) is 9.80 Å². The van der Waals surface area contributed by atoms with Gasteiger partial charge in [-0.05, 0) is 31.9 Å². The van der Waals surface area contributed by atoms with Crippen LogP contribution in [0.3, 0.4) is 0 Å². The van der Waals surface area contributed by atoms with E-state index in [1.165, 1.54) is 9.75 Å². The zero-order valence-electron chi connectivity index (χ0n) is 12.2. The van der Waals surface area contributed by atoms with Crippen molar-refractivity contribution in [3.63, 3.8) is 0 Å². The molecule has 4 nitrogen and oxygen atoms in total. The number of thioether (sulfide) groups is 1. The summed E-state index contributed by atoms with van der Waals surface area (Å²) in [4.78, 5) is 30.1. The fourth-order valence-electron chi connectivity index (χ4n) is 2.89. The smallest absolute Gasteiger partial charge is 0.233 e. The minimum absolute atomic E-state index is 0.172. The van der Waals surface area contributed by atoms with Crippen LogP contribution in [0.15, 0.2) is 12.1 Å². The molecule has 2 fully saturated rings. The Kier molecular flexibility index (Phi) is 4.54. The van der Waals surface area contributed by atoms with Crippen molar-refractivity contribution < 1.29 is 9.59 Å². The quantitative estimate of drug-likeness (QED) is 0.836. The maximum absolute atomic E-state index is 12.1. The predicted molar refractivity (Wildman–Crippen MR) is 86.4 cm³/mol. The van der Waals surface area contributed by atoms with Crippen LogP contribution in [0.25, 0.3) is 0 Å². The van der Waals surface area contributed by atoms with Gasteiger partial charge in [-0.1, -0.05) is 0 Å². The van der Waals surface area contributed by atoms with E-state index in [2.05, 4.69) is 19.1 Å². The van der Waals surface area contributed by atoms with Crippen molar-refractivity contribution >= 4 is 34.9 Å². The molecule has 2 aliphatic rings. The highest BCUT2D eigenvalue weighted by Gasteiger charge is 2.33. The Bertz CT molecular complexity index is 544. The molecule has 0 aliphatic carbocycles. The van der Waals surface area contributed by atoms with E-state index >= 15 is 0 Å². The summed E-state index contributed by atoms with van der Waals surface area (Å²) in [5, 5.41) is 0.172. The average Bonchev–Trinajstić information content (AvgIpc) is 3.14. The molecule has 1 aromatic heterocycles. The molecule has 0 saturated carbocycles. The van der Waals surface area contributed by atoms with Crippen LogP contribution >= 0.6 is 23.1 Å². The van der Waals surface area contributed by atoms with Gasteiger partial charge in [-0.3, -0.25) is 9.59 Å². The van der Waals surface area contributed by atoms with Crippen LogP contribution in [0, 0.1) is 6.92 Å². The zero-order chi connectivity index (χ0) is 14.8. The number of thiophene rings is 1. The van der Waals surface area contributed by atoms with Gasteiger partial charge in [0.25, 0.3) is 0 Å². The fraction of sp³-hybridized carbons (Fsp3) is 0.600. The number of rotatable bonds is 5. The van der Waals surface area contributed by atoms with E-state index in [4.69, 9.17) is 0 Å². The Balaban J connectivity index is 1.57. The molecule has 0 N–H and O–H groups in total. The van der Waals surface area contributed by atoms with E-state index in [9.17, 15) is 9.59 Å². The number of hydrogen-bond donors (Lipinski definition) is 0. The lowest BCUT2D eigenvalue weighted by Crippen LogP contribution is -2.32. The average molecular weight is 324 g/mol. The van der Waals surface area contributed by atoms with Crippen LogP contribution in [0.5, 0.6) is 0 Å². The Hall–Kier alpha value is -1.01. The summed E-state index contributed by atoms with van der Waals surface area (Å²) in [6.45, 7) is 4.51. The first-order valence-electron chi connectivity index (χ1n) is 7.40. The van der Waals surface area contributed by atoms with Gasteiger partial charge in [-0.25, -0.2) is 0 Å². The third-order valence-corrected chi connectivity index (χ3v) is 6.41. The van der Waals surface area contributed by atoms with Gasteiger partial charge in [0.05, 0.1) is 5.75 Å². The molecular formula is C15H20N2O2S2. The van der Waals surface area contributed by atoms with Crippen molar-refractivity contribution in [3.05, 3.63) is 21.9 Å². The lowest BCUT2D eigenvalue weighted by molar-refractivity contribution is -0.128. The number of amides is 2. The first-order chi connectivity index (χ1) is 10.1. The van der Waals surface area contributed by atoms with Crippen LogP contribution in [0.4, 0.5) is 0 Å². The Morgan fingerprint density at radius 1 is 1.24 bits per heavy atom. The second-order valence-corrected chi connectivity index (χ2v) is 7.92. The largest absolute Gasteiger partial charge is 0.343 e. The number of aryl methyl sites for hydroxylation is 1. The van der Waals surface area contributed by atoms with E-state index in [-0.39, 0.29) is 17.2 Å². The van der Waals surface area contributed by atoms with Crippen LogP contribution in [0.2, 0.25) is 0 Å². The summed E-state index contributed by atoms with van der Waals surface area (Å²) in [5.74, 6) is 1.07. The lowest BCUT2D eigenvalue weighted by Gasteiger charge is -2.24. The maximum atomic E-state index is 12.1. The predicted octanol–water partition coefficient (Wildman–Crippen LogP) is 2.64. The standard InChI is InChI=1S/C15H20N2O2S2/c1-11-5-6-12(21-11)15-17(14(19)10-20-15)9-3-8-16-7-2-4-13(16)18/h5-6,15H,2-4,7-10H2,1H3. The highest BCUT2D eigenvalue weighted by molar-refractivity contribution is 8.00. The van der Waals surface area contributed by atoms with Gasteiger partial charge in [-0.2, -0.15) is 0 Å². The summed E-state index contributed by atoms with van der Waals surface area (Å²) in [6.07, 6.45) is 2.54. The van der Waals surface area contributed by atoms with Crippen molar-refractivity contribution in [1.29, 1.82) is 0 Å². The second-order valence-electron chi connectivity index (χ2n) is 5.54. The topological polar surface area (TPSA) is 40.6 Å². The molecule has 0 spiro atoms. The minimum Gasteiger partial charge on any atom is -0.343 e.